The minimum absolute atomic E-state index is 0.0448. The van der Waals surface area contributed by atoms with Gasteiger partial charge in [0, 0.05) is 44.3 Å². The highest BCUT2D eigenvalue weighted by molar-refractivity contribution is 5.66. The third-order valence-electron chi connectivity index (χ3n) is 4.31. The van der Waals surface area contributed by atoms with Crippen molar-refractivity contribution in [3.63, 3.8) is 0 Å². The van der Waals surface area contributed by atoms with Gasteiger partial charge in [-0.25, -0.2) is 9.78 Å². The average Bonchev–Trinajstić information content (AvgIpc) is 2.72. The second-order valence-corrected chi connectivity index (χ2v) is 5.72. The number of amides is 1. The predicted octanol–water partition coefficient (Wildman–Crippen LogP) is 2.28. The number of carboxylic acid groups (broad SMARTS) is 1. The molecule has 6 heteroatoms. The molecule has 2 aliphatic rings. The van der Waals surface area contributed by atoms with Crippen molar-refractivity contribution in [3.05, 3.63) is 23.9 Å². The van der Waals surface area contributed by atoms with Gasteiger partial charge in [-0.2, -0.15) is 0 Å². The Morgan fingerprint density at radius 3 is 2.76 bits per heavy atom. The minimum atomic E-state index is -0.804. The first-order chi connectivity index (χ1) is 10.2. The van der Waals surface area contributed by atoms with Gasteiger partial charge in [-0.3, -0.25) is 0 Å². The second kappa shape index (κ2) is 5.89. The van der Waals surface area contributed by atoms with E-state index in [9.17, 15) is 9.90 Å². The molecule has 21 heavy (non-hydrogen) atoms. The van der Waals surface area contributed by atoms with Crippen molar-refractivity contribution in [3.8, 4) is 5.88 Å². The molecule has 114 valence electrons. The molecular formula is C15H20N2O4. The summed E-state index contributed by atoms with van der Waals surface area (Å²) in [5.74, 6) is 0.595. The number of rotatable bonds is 4. The number of aromatic nitrogens is 1. The Bertz CT molecular complexity index is 508. The van der Waals surface area contributed by atoms with Crippen molar-refractivity contribution in [1.82, 2.24) is 9.88 Å². The van der Waals surface area contributed by atoms with Crippen molar-refractivity contribution in [1.29, 1.82) is 0 Å². The minimum Gasteiger partial charge on any atom is -0.474 e. The summed E-state index contributed by atoms with van der Waals surface area (Å²) in [7, 11) is 1.65. The van der Waals surface area contributed by atoms with Crippen molar-refractivity contribution in [2.24, 2.45) is 0 Å². The molecule has 2 saturated heterocycles. The van der Waals surface area contributed by atoms with E-state index in [1.54, 1.807) is 18.2 Å². The molecule has 1 aromatic heterocycles. The maximum absolute atomic E-state index is 11.3. The van der Waals surface area contributed by atoms with Gasteiger partial charge in [0.1, 0.15) is 6.10 Å². The highest BCUT2D eigenvalue weighted by Gasteiger charge is 2.44. The van der Waals surface area contributed by atoms with Crippen molar-refractivity contribution in [2.45, 2.75) is 50.5 Å². The van der Waals surface area contributed by atoms with Crippen LogP contribution in [0.15, 0.2) is 18.3 Å². The fourth-order valence-corrected chi connectivity index (χ4v) is 3.48. The molecule has 2 bridgehead atoms. The zero-order chi connectivity index (χ0) is 14.8. The normalized spacial score (nSPS) is 27.7. The van der Waals surface area contributed by atoms with Crippen LogP contribution in [0.3, 0.4) is 0 Å². The van der Waals surface area contributed by atoms with Crippen LogP contribution in [0.1, 0.15) is 31.2 Å². The van der Waals surface area contributed by atoms with Gasteiger partial charge in [-0.15, -0.1) is 0 Å². The average molecular weight is 292 g/mol. The second-order valence-electron chi connectivity index (χ2n) is 5.72. The third kappa shape index (κ3) is 2.95. The van der Waals surface area contributed by atoms with E-state index in [1.807, 2.05) is 12.1 Å². The number of ether oxygens (including phenoxy) is 2. The Hall–Kier alpha value is -1.82. The Morgan fingerprint density at radius 2 is 2.14 bits per heavy atom. The fraction of sp³-hybridized carbons (Fsp3) is 0.600. The summed E-state index contributed by atoms with van der Waals surface area (Å²) in [6.45, 7) is 0.529. The first kappa shape index (κ1) is 14.1. The number of nitrogens with zero attached hydrogens (tertiary/aromatic N) is 2. The van der Waals surface area contributed by atoms with Crippen LogP contribution in [0.4, 0.5) is 4.79 Å². The molecule has 6 nitrogen and oxygen atoms in total. The number of piperidine rings is 1. The number of hydrogen-bond donors (Lipinski definition) is 1. The molecule has 1 N–H and O–H groups in total. The molecule has 1 amide bonds. The third-order valence-corrected chi connectivity index (χ3v) is 4.31. The lowest BCUT2D eigenvalue weighted by atomic mass is 10.0. The molecule has 3 atom stereocenters. The topological polar surface area (TPSA) is 71.9 Å². The Morgan fingerprint density at radius 1 is 1.43 bits per heavy atom. The van der Waals surface area contributed by atoms with E-state index in [0.717, 1.165) is 31.2 Å². The molecule has 3 rings (SSSR count). The van der Waals surface area contributed by atoms with Crippen LogP contribution < -0.4 is 4.74 Å². The fourth-order valence-electron chi connectivity index (χ4n) is 3.48. The summed E-state index contributed by atoms with van der Waals surface area (Å²) in [5, 5.41) is 9.25. The predicted molar refractivity (Wildman–Crippen MR) is 75.3 cm³/mol. The molecule has 2 aliphatic heterocycles. The summed E-state index contributed by atoms with van der Waals surface area (Å²) in [4.78, 5) is 17.1. The quantitative estimate of drug-likeness (QED) is 0.921. The molecule has 3 heterocycles. The van der Waals surface area contributed by atoms with Crippen molar-refractivity contribution < 1.29 is 19.4 Å². The van der Waals surface area contributed by atoms with Gasteiger partial charge in [0.05, 0.1) is 6.61 Å². The van der Waals surface area contributed by atoms with E-state index < -0.39 is 6.09 Å². The Kier molecular flexibility index (Phi) is 3.96. The lowest BCUT2D eigenvalue weighted by Gasteiger charge is -2.36. The molecule has 1 aromatic rings. The van der Waals surface area contributed by atoms with E-state index in [0.29, 0.717) is 12.5 Å². The van der Waals surface area contributed by atoms with Gasteiger partial charge in [-0.05, 0) is 24.5 Å². The molecule has 0 aliphatic carbocycles. The molecule has 2 fully saturated rings. The number of methoxy groups -OCH3 is 1. The lowest BCUT2D eigenvalue weighted by molar-refractivity contribution is 0.0475. The Balaban J connectivity index is 1.65. The smallest absolute Gasteiger partial charge is 0.407 e. The van der Waals surface area contributed by atoms with Gasteiger partial charge in [-0.1, -0.05) is 0 Å². The summed E-state index contributed by atoms with van der Waals surface area (Å²) in [6.07, 6.45) is 4.33. The van der Waals surface area contributed by atoms with E-state index in [2.05, 4.69) is 4.98 Å². The molecule has 0 radical (unpaired) electrons. The maximum atomic E-state index is 11.3. The van der Waals surface area contributed by atoms with Crippen molar-refractivity contribution >= 4 is 6.09 Å². The van der Waals surface area contributed by atoms with E-state index >= 15 is 0 Å². The number of fused-ring (bicyclic) bond motifs is 2. The van der Waals surface area contributed by atoms with Gasteiger partial charge in [0.2, 0.25) is 5.88 Å². The standard InChI is InChI=1S/C15H20N2O4/c1-20-9-10-4-5-16-14(6-10)21-13-7-11-2-3-12(8-13)17(11)15(18)19/h4-6,11-13H,2-3,7-9H2,1H3,(H,18,19)/t11-,12+,13+. The van der Waals surface area contributed by atoms with Gasteiger partial charge in [0.15, 0.2) is 0 Å². The molecule has 0 spiro atoms. The van der Waals surface area contributed by atoms with Gasteiger partial charge < -0.3 is 19.5 Å². The summed E-state index contributed by atoms with van der Waals surface area (Å²) >= 11 is 0. The lowest BCUT2D eigenvalue weighted by Crippen LogP contribution is -2.48. The first-order valence-corrected chi connectivity index (χ1v) is 7.29. The zero-order valence-electron chi connectivity index (χ0n) is 12.1. The molecule has 0 saturated carbocycles. The molecule has 0 aromatic carbocycles. The van der Waals surface area contributed by atoms with Crippen LogP contribution in [0.2, 0.25) is 0 Å². The van der Waals surface area contributed by atoms with Crippen LogP contribution in [0, 0.1) is 0 Å². The highest BCUT2D eigenvalue weighted by Crippen LogP contribution is 2.37. The molecule has 0 unspecified atom stereocenters. The summed E-state index contributed by atoms with van der Waals surface area (Å²) in [6, 6.07) is 3.96. The van der Waals surface area contributed by atoms with Gasteiger partial charge >= 0.3 is 6.09 Å². The summed E-state index contributed by atoms with van der Waals surface area (Å²) in [5.41, 5.74) is 1.02. The van der Waals surface area contributed by atoms with Crippen LogP contribution in [0.25, 0.3) is 0 Å². The van der Waals surface area contributed by atoms with E-state index in [4.69, 9.17) is 9.47 Å². The monoisotopic (exact) mass is 292 g/mol. The Labute approximate surface area is 123 Å². The van der Waals surface area contributed by atoms with Crippen LogP contribution >= 0.6 is 0 Å². The van der Waals surface area contributed by atoms with Crippen LogP contribution in [-0.2, 0) is 11.3 Å². The van der Waals surface area contributed by atoms with E-state index in [1.165, 1.54) is 0 Å². The zero-order valence-corrected chi connectivity index (χ0v) is 12.1. The van der Waals surface area contributed by atoms with Crippen LogP contribution in [-0.4, -0.2) is 46.4 Å². The first-order valence-electron chi connectivity index (χ1n) is 7.29. The van der Waals surface area contributed by atoms with Crippen LogP contribution in [0.5, 0.6) is 5.88 Å². The summed E-state index contributed by atoms with van der Waals surface area (Å²) < 4.78 is 11.1. The number of pyridine rings is 1. The van der Waals surface area contributed by atoms with Gasteiger partial charge in [0.25, 0.3) is 0 Å². The SMILES string of the molecule is COCc1ccnc(O[C@H]2C[C@H]3CC[C@@H](C2)N3C(=O)O)c1. The van der Waals surface area contributed by atoms with Crippen molar-refractivity contribution in [2.75, 3.05) is 7.11 Å². The maximum Gasteiger partial charge on any atom is 0.407 e. The largest absolute Gasteiger partial charge is 0.474 e. The molecular weight excluding hydrogens is 272 g/mol. The number of carbonyl (C=O) groups is 1. The number of hydrogen-bond acceptors (Lipinski definition) is 4. The van der Waals surface area contributed by atoms with E-state index in [-0.39, 0.29) is 18.2 Å². The highest BCUT2D eigenvalue weighted by atomic mass is 16.5.